The second-order valence-electron chi connectivity index (χ2n) is 5.69. The van der Waals surface area contributed by atoms with E-state index < -0.39 is 0 Å². The predicted molar refractivity (Wildman–Crippen MR) is 80.7 cm³/mol. The first kappa shape index (κ1) is 13.1. The van der Waals surface area contributed by atoms with E-state index in [0.29, 0.717) is 25.3 Å². The maximum atomic E-state index is 11.5. The van der Waals surface area contributed by atoms with Crippen LogP contribution in [0.1, 0.15) is 18.4 Å². The van der Waals surface area contributed by atoms with Crippen LogP contribution in [0.3, 0.4) is 0 Å². The normalized spacial score (nSPS) is 19.9. The lowest BCUT2D eigenvalue weighted by Crippen LogP contribution is -2.31. The Labute approximate surface area is 126 Å². The second kappa shape index (κ2) is 4.98. The number of amides is 2. The Balaban J connectivity index is 1.62. The van der Waals surface area contributed by atoms with Crippen molar-refractivity contribution < 1.29 is 14.3 Å². The predicted octanol–water partition coefficient (Wildman–Crippen LogP) is 1.39. The van der Waals surface area contributed by atoms with Crippen molar-refractivity contribution in [1.29, 1.82) is 0 Å². The molecule has 2 aliphatic heterocycles. The van der Waals surface area contributed by atoms with E-state index in [4.69, 9.17) is 4.74 Å². The molecule has 112 valence electrons. The van der Waals surface area contributed by atoms with Gasteiger partial charge in [-0.2, -0.15) is 0 Å². The summed E-state index contributed by atoms with van der Waals surface area (Å²) in [5.41, 5.74) is 1.82. The third kappa shape index (κ3) is 2.26. The molecular formula is C16H15N3O3. The summed E-state index contributed by atoms with van der Waals surface area (Å²) in [5, 5.41) is 7.58. The molecule has 2 aromatic rings. The Morgan fingerprint density at radius 2 is 2.18 bits per heavy atom. The Morgan fingerprint density at radius 1 is 1.27 bits per heavy atom. The van der Waals surface area contributed by atoms with Gasteiger partial charge < -0.3 is 15.4 Å². The molecule has 6 nitrogen and oxygen atoms in total. The van der Waals surface area contributed by atoms with E-state index in [1.165, 1.54) is 0 Å². The Morgan fingerprint density at radius 3 is 3.00 bits per heavy atom. The van der Waals surface area contributed by atoms with E-state index in [9.17, 15) is 9.59 Å². The monoisotopic (exact) mass is 297 g/mol. The van der Waals surface area contributed by atoms with Gasteiger partial charge in [0.05, 0.1) is 12.5 Å². The van der Waals surface area contributed by atoms with Crippen molar-refractivity contribution in [2.45, 2.75) is 25.3 Å². The Hall–Kier alpha value is -2.63. The van der Waals surface area contributed by atoms with Crippen molar-refractivity contribution in [2.75, 3.05) is 11.9 Å². The molecule has 1 saturated heterocycles. The number of benzene rings is 1. The van der Waals surface area contributed by atoms with Crippen molar-refractivity contribution in [3.8, 4) is 5.88 Å². The number of aromatic nitrogens is 1. The average Bonchev–Trinajstić information content (AvgIpc) is 3.06. The number of ether oxygens (including phenoxy) is 1. The molecule has 1 fully saturated rings. The third-order valence-electron chi connectivity index (χ3n) is 4.08. The summed E-state index contributed by atoms with van der Waals surface area (Å²) in [6, 6.07) is 5.84. The lowest BCUT2D eigenvalue weighted by Gasteiger charge is -2.13. The van der Waals surface area contributed by atoms with Crippen LogP contribution in [0.5, 0.6) is 5.88 Å². The Bertz CT molecular complexity index is 788. The molecule has 1 aromatic carbocycles. The van der Waals surface area contributed by atoms with E-state index in [1.807, 2.05) is 18.2 Å². The van der Waals surface area contributed by atoms with Gasteiger partial charge in [0.1, 0.15) is 6.61 Å². The van der Waals surface area contributed by atoms with Crippen LogP contribution in [0.15, 0.2) is 24.4 Å². The number of pyridine rings is 1. The van der Waals surface area contributed by atoms with Gasteiger partial charge in [-0.3, -0.25) is 9.59 Å². The minimum absolute atomic E-state index is 0.00871. The highest BCUT2D eigenvalue weighted by Gasteiger charge is 2.22. The summed E-state index contributed by atoms with van der Waals surface area (Å²) in [6.07, 6.45) is 3.42. The molecule has 0 aliphatic carbocycles. The number of fused-ring (bicyclic) bond motifs is 2. The molecule has 2 N–H and O–H groups in total. The van der Waals surface area contributed by atoms with Crippen molar-refractivity contribution in [3.63, 3.8) is 0 Å². The quantitative estimate of drug-likeness (QED) is 0.897. The summed E-state index contributed by atoms with van der Waals surface area (Å²) in [5.74, 6) is 0.622. The van der Waals surface area contributed by atoms with E-state index in [-0.39, 0.29) is 17.9 Å². The summed E-state index contributed by atoms with van der Waals surface area (Å²) in [7, 11) is 0. The first-order chi connectivity index (χ1) is 10.7. The Kier molecular flexibility index (Phi) is 2.96. The number of carbonyl (C=O) groups excluding carboxylic acids is 2. The number of rotatable bonds is 3. The number of nitrogens with zero attached hydrogens (tertiary/aromatic N) is 1. The van der Waals surface area contributed by atoms with E-state index in [1.54, 1.807) is 6.20 Å². The molecule has 3 heterocycles. The molecule has 6 heteroatoms. The molecule has 1 aromatic heterocycles. The van der Waals surface area contributed by atoms with Crippen LogP contribution >= 0.6 is 0 Å². The van der Waals surface area contributed by atoms with Crippen LogP contribution in [-0.4, -0.2) is 29.4 Å². The van der Waals surface area contributed by atoms with Crippen molar-refractivity contribution >= 4 is 28.3 Å². The summed E-state index contributed by atoms with van der Waals surface area (Å²) < 4.78 is 5.81. The molecular weight excluding hydrogens is 282 g/mol. The minimum Gasteiger partial charge on any atom is -0.475 e. The van der Waals surface area contributed by atoms with E-state index in [0.717, 1.165) is 28.4 Å². The summed E-state index contributed by atoms with van der Waals surface area (Å²) >= 11 is 0. The first-order valence-corrected chi connectivity index (χ1v) is 7.33. The summed E-state index contributed by atoms with van der Waals surface area (Å²) in [4.78, 5) is 27.0. The van der Waals surface area contributed by atoms with Gasteiger partial charge >= 0.3 is 0 Å². The molecule has 0 bridgehead atoms. The highest BCUT2D eigenvalue weighted by molar-refractivity contribution is 6.03. The smallest absolute Gasteiger partial charge is 0.228 e. The highest BCUT2D eigenvalue weighted by atomic mass is 16.5. The number of hydrogen-bond acceptors (Lipinski definition) is 4. The summed E-state index contributed by atoms with van der Waals surface area (Å²) in [6.45, 7) is 0.409. The van der Waals surface area contributed by atoms with Gasteiger partial charge in [0, 0.05) is 23.7 Å². The van der Waals surface area contributed by atoms with Crippen molar-refractivity contribution in [3.05, 3.63) is 30.0 Å². The van der Waals surface area contributed by atoms with Gasteiger partial charge in [0.15, 0.2) is 0 Å². The zero-order valence-corrected chi connectivity index (χ0v) is 11.9. The van der Waals surface area contributed by atoms with Crippen molar-refractivity contribution in [1.82, 2.24) is 10.3 Å². The van der Waals surface area contributed by atoms with Gasteiger partial charge in [-0.15, -0.1) is 0 Å². The average molecular weight is 297 g/mol. The fraction of sp³-hybridized carbons (Fsp3) is 0.312. The first-order valence-electron chi connectivity index (χ1n) is 7.33. The maximum Gasteiger partial charge on any atom is 0.228 e. The topological polar surface area (TPSA) is 80.3 Å². The largest absolute Gasteiger partial charge is 0.475 e. The second-order valence-corrected chi connectivity index (χ2v) is 5.69. The van der Waals surface area contributed by atoms with Gasteiger partial charge in [0.25, 0.3) is 0 Å². The number of hydrogen-bond donors (Lipinski definition) is 2. The zero-order chi connectivity index (χ0) is 15.1. The zero-order valence-electron chi connectivity index (χ0n) is 11.9. The number of nitrogens with one attached hydrogen (secondary N) is 2. The fourth-order valence-electron chi connectivity index (χ4n) is 2.97. The standard InChI is InChI=1S/C16H15N3O3/c20-14-2-1-11(18-14)8-22-16-12-5-10-7-15(21)19-13(10)6-9(12)3-4-17-16/h3-6,11H,1-2,7-8H2,(H,18,20)(H,19,21). The van der Waals surface area contributed by atoms with Crippen molar-refractivity contribution in [2.24, 2.45) is 0 Å². The molecule has 22 heavy (non-hydrogen) atoms. The SMILES string of the molecule is O=C1Cc2cc3c(OCC4CCC(=O)N4)nccc3cc2N1. The molecule has 0 saturated carbocycles. The van der Waals surface area contributed by atoms with Gasteiger partial charge in [-0.05, 0) is 35.6 Å². The fourth-order valence-corrected chi connectivity index (χ4v) is 2.97. The maximum absolute atomic E-state index is 11.5. The lowest BCUT2D eigenvalue weighted by atomic mass is 10.1. The van der Waals surface area contributed by atoms with Crippen LogP contribution < -0.4 is 15.4 Å². The van der Waals surface area contributed by atoms with Crippen LogP contribution in [0, 0.1) is 0 Å². The van der Waals surface area contributed by atoms with E-state index in [2.05, 4.69) is 15.6 Å². The molecule has 1 atom stereocenters. The molecule has 2 aliphatic rings. The van der Waals surface area contributed by atoms with Gasteiger partial charge in [-0.25, -0.2) is 4.98 Å². The van der Waals surface area contributed by atoms with E-state index >= 15 is 0 Å². The number of carbonyl (C=O) groups is 2. The molecule has 2 amide bonds. The van der Waals surface area contributed by atoms with Gasteiger partial charge in [-0.1, -0.05) is 0 Å². The third-order valence-corrected chi connectivity index (χ3v) is 4.08. The van der Waals surface area contributed by atoms with Gasteiger partial charge in [0.2, 0.25) is 17.7 Å². The highest BCUT2D eigenvalue weighted by Crippen LogP contribution is 2.32. The molecule has 0 radical (unpaired) electrons. The molecule has 4 rings (SSSR count). The van der Waals surface area contributed by atoms with Crippen LogP contribution in [0.4, 0.5) is 5.69 Å². The lowest BCUT2D eigenvalue weighted by molar-refractivity contribution is -0.119. The number of anilines is 1. The van der Waals surface area contributed by atoms with Crippen LogP contribution in [0.2, 0.25) is 0 Å². The molecule has 1 unspecified atom stereocenters. The minimum atomic E-state index is 0.00871. The molecule has 0 spiro atoms. The van der Waals surface area contributed by atoms with Crippen LogP contribution in [-0.2, 0) is 16.0 Å². The van der Waals surface area contributed by atoms with Crippen LogP contribution in [0.25, 0.3) is 10.8 Å².